The van der Waals surface area contributed by atoms with Crippen molar-refractivity contribution in [2.24, 2.45) is 5.41 Å². The van der Waals surface area contributed by atoms with Crippen molar-refractivity contribution in [3.8, 4) is 22.9 Å². The number of fused-ring (bicyclic) bond motifs is 3. The summed E-state index contributed by atoms with van der Waals surface area (Å²) in [5, 5.41) is 31.3. The van der Waals surface area contributed by atoms with Crippen molar-refractivity contribution in [2.45, 2.75) is 83.4 Å². The van der Waals surface area contributed by atoms with Crippen molar-refractivity contribution < 1.29 is 19.7 Å². The maximum Gasteiger partial charge on any atom is 0.410 e. The molecule has 3 N–H and O–H groups in total. The second kappa shape index (κ2) is 11.3. The molecule has 0 bridgehead atoms. The Morgan fingerprint density at radius 1 is 1.06 bits per heavy atom. The fourth-order valence-corrected chi connectivity index (χ4v) is 8.46. The molecule has 4 aliphatic rings. The molecule has 1 spiro atoms. The van der Waals surface area contributed by atoms with Gasteiger partial charge in [0, 0.05) is 71.5 Å². The van der Waals surface area contributed by atoms with E-state index in [4.69, 9.17) is 9.72 Å². The minimum atomic E-state index is -0.462. The number of phenolic OH excluding ortho intramolecular Hbond substituents is 1. The van der Waals surface area contributed by atoms with E-state index in [1.54, 1.807) is 12.1 Å². The first kappa shape index (κ1) is 30.9. The van der Waals surface area contributed by atoms with E-state index in [9.17, 15) is 15.0 Å². The molecule has 12 heteroatoms. The van der Waals surface area contributed by atoms with Crippen LogP contribution in [0, 0.1) is 5.41 Å². The molecule has 0 radical (unpaired) electrons. The fourth-order valence-electron chi connectivity index (χ4n) is 8.46. The Labute approximate surface area is 280 Å². The number of amides is 1. The molecule has 2 saturated heterocycles. The second-order valence-electron chi connectivity index (χ2n) is 15.3. The number of ether oxygens (including phenoxy) is 1. The number of H-pyrrole nitrogens is 1. The number of rotatable bonds is 4. The number of anilines is 1. The zero-order valence-corrected chi connectivity index (χ0v) is 28.1. The number of aromatic amines is 1. The van der Waals surface area contributed by atoms with Crippen LogP contribution in [0.4, 0.5) is 10.7 Å². The summed E-state index contributed by atoms with van der Waals surface area (Å²) in [6, 6.07) is 9.63. The average molecular weight is 653 g/mol. The highest BCUT2D eigenvalue weighted by molar-refractivity contribution is 5.86. The van der Waals surface area contributed by atoms with Crippen molar-refractivity contribution in [1.82, 2.24) is 34.9 Å². The van der Waals surface area contributed by atoms with Gasteiger partial charge in [0.2, 0.25) is 11.8 Å². The van der Waals surface area contributed by atoms with Gasteiger partial charge in [-0.05, 0) is 90.6 Å². The Kier molecular flexibility index (Phi) is 7.28. The molecule has 3 aliphatic heterocycles. The number of phenols is 1. The number of aromatic hydroxyl groups is 2. The third-order valence-corrected chi connectivity index (χ3v) is 10.9. The Hall–Kier alpha value is -4.45. The van der Waals surface area contributed by atoms with Gasteiger partial charge in [-0.2, -0.15) is 4.98 Å². The highest BCUT2D eigenvalue weighted by atomic mass is 16.6. The van der Waals surface area contributed by atoms with E-state index in [1.807, 2.05) is 50.1 Å². The number of likely N-dealkylation sites (tertiary alicyclic amines) is 2. The maximum atomic E-state index is 12.4. The number of hydrogen-bond donors (Lipinski definition) is 3. The van der Waals surface area contributed by atoms with Crippen LogP contribution in [0.15, 0.2) is 36.5 Å². The molecular weight excluding hydrogens is 608 g/mol. The van der Waals surface area contributed by atoms with Gasteiger partial charge in [0.05, 0.1) is 11.7 Å². The lowest BCUT2D eigenvalue weighted by molar-refractivity contribution is -0.110. The molecule has 1 atom stereocenters. The van der Waals surface area contributed by atoms with Gasteiger partial charge >= 0.3 is 6.09 Å². The molecule has 8 rings (SSSR count). The maximum absolute atomic E-state index is 12.4. The third kappa shape index (κ3) is 5.39. The zero-order chi connectivity index (χ0) is 33.4. The van der Waals surface area contributed by atoms with Crippen LogP contribution in [0.25, 0.3) is 22.3 Å². The summed E-state index contributed by atoms with van der Waals surface area (Å²) >= 11 is 0. The number of aromatic nitrogens is 5. The van der Waals surface area contributed by atoms with E-state index in [2.05, 4.69) is 36.9 Å². The number of nitrogens with one attached hydrogen (secondary N) is 1. The molecular formula is C36H44N8O4. The molecule has 1 aromatic carbocycles. The van der Waals surface area contributed by atoms with Crippen LogP contribution in [0.1, 0.15) is 82.2 Å². The van der Waals surface area contributed by atoms with Gasteiger partial charge in [-0.1, -0.05) is 12.1 Å². The SMILES string of the molecule is C[C@@H]1c2c([nH]c3nnc(-c4ccccc4O)cc23)CCN1c1ncc(C2CCN(C3CC4(C3)CN(C(=O)OC(C)(C)C)C4)CC2)c(O)n1. The zero-order valence-electron chi connectivity index (χ0n) is 28.1. The van der Waals surface area contributed by atoms with Crippen molar-refractivity contribution >= 4 is 23.1 Å². The summed E-state index contributed by atoms with van der Waals surface area (Å²) in [5.74, 6) is 0.978. The van der Waals surface area contributed by atoms with E-state index >= 15 is 0 Å². The first-order chi connectivity index (χ1) is 23.0. The standard InChI is InChI=1S/C36H44N8O4/c1-21-30-25-15-28(24-7-5-6-8-29(24)45)40-41-31(25)38-27(30)11-14-44(21)33-37-18-26(32(46)39-33)22-9-12-42(13-10-22)23-16-36(17-23)19-43(20-36)34(47)48-35(2,3)4/h5-8,15,18,21-23,45H,9-14,16-17,19-20H2,1-4H3,(H,38,41)(H,37,39,46)/t21-/m1/s1. The average Bonchev–Trinajstić information content (AvgIpc) is 3.38. The van der Waals surface area contributed by atoms with E-state index in [-0.39, 0.29) is 35.1 Å². The summed E-state index contributed by atoms with van der Waals surface area (Å²) in [5.41, 5.74) is 4.82. The molecule has 1 saturated carbocycles. The number of hydrogen-bond acceptors (Lipinski definition) is 10. The van der Waals surface area contributed by atoms with Crippen LogP contribution in [-0.4, -0.2) is 95.6 Å². The molecule has 3 aromatic heterocycles. The molecule has 4 aromatic rings. The van der Waals surface area contributed by atoms with Gasteiger partial charge in [0.15, 0.2) is 5.65 Å². The molecule has 0 unspecified atom stereocenters. The Morgan fingerprint density at radius 3 is 2.52 bits per heavy atom. The lowest BCUT2D eigenvalue weighted by Gasteiger charge is -2.61. The van der Waals surface area contributed by atoms with Crippen molar-refractivity contribution in [3.05, 3.63) is 53.3 Å². The lowest BCUT2D eigenvalue weighted by atomic mass is 9.60. The second-order valence-corrected chi connectivity index (χ2v) is 15.3. The van der Waals surface area contributed by atoms with E-state index in [1.165, 1.54) is 0 Å². The number of carbonyl (C=O) groups excluding carboxylic acids is 1. The van der Waals surface area contributed by atoms with Gasteiger partial charge in [-0.15, -0.1) is 10.2 Å². The summed E-state index contributed by atoms with van der Waals surface area (Å²) in [4.78, 5) is 31.8. The smallest absolute Gasteiger partial charge is 0.410 e. The van der Waals surface area contributed by atoms with Crippen LogP contribution in [-0.2, 0) is 11.2 Å². The molecule has 1 aliphatic carbocycles. The molecule has 12 nitrogen and oxygen atoms in total. The van der Waals surface area contributed by atoms with Crippen molar-refractivity contribution in [2.75, 3.05) is 37.6 Å². The lowest BCUT2D eigenvalue weighted by Crippen LogP contribution is -2.68. The van der Waals surface area contributed by atoms with Gasteiger partial charge in [-0.25, -0.2) is 9.78 Å². The molecule has 3 fully saturated rings. The summed E-state index contributed by atoms with van der Waals surface area (Å²) < 4.78 is 5.54. The molecule has 48 heavy (non-hydrogen) atoms. The first-order valence-corrected chi connectivity index (χ1v) is 17.2. The van der Waals surface area contributed by atoms with Crippen LogP contribution in [0.5, 0.6) is 11.6 Å². The van der Waals surface area contributed by atoms with Crippen molar-refractivity contribution in [1.29, 1.82) is 0 Å². The quantitative estimate of drug-likeness (QED) is 0.258. The summed E-state index contributed by atoms with van der Waals surface area (Å²) in [6.07, 6.45) is 6.58. The normalized spacial score (nSPS) is 21.6. The van der Waals surface area contributed by atoms with E-state index in [0.29, 0.717) is 35.4 Å². The van der Waals surface area contributed by atoms with Gasteiger partial charge in [-0.3, -0.25) is 0 Å². The Morgan fingerprint density at radius 2 is 1.81 bits per heavy atom. The monoisotopic (exact) mass is 652 g/mol. The summed E-state index contributed by atoms with van der Waals surface area (Å²) in [6.45, 7) is 12.1. The van der Waals surface area contributed by atoms with Gasteiger partial charge in [0.1, 0.15) is 11.4 Å². The number of nitrogens with zero attached hydrogens (tertiary/aromatic N) is 7. The van der Waals surface area contributed by atoms with Crippen LogP contribution in [0.3, 0.4) is 0 Å². The minimum absolute atomic E-state index is 0.0601. The van der Waals surface area contributed by atoms with Crippen LogP contribution in [0.2, 0.25) is 0 Å². The van der Waals surface area contributed by atoms with Gasteiger partial charge in [0.25, 0.3) is 0 Å². The fraction of sp³-hybridized carbons (Fsp3) is 0.528. The predicted molar refractivity (Wildman–Crippen MR) is 181 cm³/mol. The third-order valence-electron chi connectivity index (χ3n) is 10.9. The Balaban J connectivity index is 0.901. The highest BCUT2D eigenvalue weighted by Gasteiger charge is 2.55. The van der Waals surface area contributed by atoms with Crippen molar-refractivity contribution in [3.63, 3.8) is 0 Å². The molecule has 252 valence electrons. The number of benzene rings is 1. The number of carbonyl (C=O) groups is 1. The van der Waals surface area contributed by atoms with Gasteiger partial charge < -0.3 is 34.6 Å². The highest BCUT2D eigenvalue weighted by Crippen LogP contribution is 2.51. The molecule has 1 amide bonds. The van der Waals surface area contributed by atoms with E-state index < -0.39 is 5.60 Å². The van der Waals surface area contributed by atoms with Crippen LogP contribution >= 0.6 is 0 Å². The number of piperidine rings is 1. The van der Waals surface area contributed by atoms with E-state index in [0.717, 1.165) is 80.5 Å². The summed E-state index contributed by atoms with van der Waals surface area (Å²) in [7, 11) is 0. The largest absolute Gasteiger partial charge is 0.507 e. The molecule has 6 heterocycles. The number of para-hydroxylation sites is 1. The Bertz CT molecular complexity index is 1860. The van der Waals surface area contributed by atoms with Crippen LogP contribution < -0.4 is 4.90 Å². The predicted octanol–water partition coefficient (Wildman–Crippen LogP) is 5.53. The minimum Gasteiger partial charge on any atom is -0.507 e. The first-order valence-electron chi connectivity index (χ1n) is 17.2. The topological polar surface area (TPSA) is 144 Å².